The molecule has 0 bridgehead atoms. The van der Waals surface area contributed by atoms with Crippen molar-refractivity contribution in [2.45, 2.75) is 38.1 Å². The molecule has 0 aromatic heterocycles. The molecular weight excluding hydrogens is 434 g/mol. The Balaban J connectivity index is 1.52. The van der Waals surface area contributed by atoms with E-state index in [-0.39, 0.29) is 5.41 Å². The summed E-state index contributed by atoms with van der Waals surface area (Å²) < 4.78 is 0. The van der Waals surface area contributed by atoms with Crippen molar-refractivity contribution >= 4 is 11.6 Å². The Morgan fingerprint density at radius 3 is 2.06 bits per heavy atom. The first kappa shape index (κ1) is 22.5. The minimum absolute atomic E-state index is 0.281. The molecule has 5 rings (SSSR count). The standard InChI is InChI=1S/C32H30ClN/c1-23-12-10-20-31(33)28(23)22-34-24(2)32(21-11-15-25-13-4-3-5-14-25)29-18-8-6-16-26(29)27-17-7-9-19-30(27)32/h3-10,12-14,16-20,34H,2,11,15,21-22H2,1H3. The lowest BCUT2D eigenvalue weighted by Crippen LogP contribution is -2.35. The third-order valence-electron chi connectivity index (χ3n) is 7.27. The van der Waals surface area contributed by atoms with Gasteiger partial charge in [0.05, 0.1) is 5.41 Å². The Kier molecular flexibility index (Phi) is 6.30. The highest BCUT2D eigenvalue weighted by Gasteiger charge is 2.44. The zero-order valence-electron chi connectivity index (χ0n) is 19.7. The van der Waals surface area contributed by atoms with E-state index >= 15 is 0 Å². The number of aryl methyl sites for hydroxylation is 2. The van der Waals surface area contributed by atoms with Crippen LogP contribution in [0.4, 0.5) is 0 Å². The molecule has 0 atom stereocenters. The first-order valence-electron chi connectivity index (χ1n) is 12.0. The molecule has 1 aliphatic carbocycles. The Labute approximate surface area is 208 Å². The lowest BCUT2D eigenvalue weighted by atomic mass is 9.71. The maximum atomic E-state index is 6.55. The molecule has 0 spiro atoms. The molecule has 34 heavy (non-hydrogen) atoms. The van der Waals surface area contributed by atoms with Gasteiger partial charge in [0.15, 0.2) is 0 Å². The quantitative estimate of drug-likeness (QED) is 0.277. The topological polar surface area (TPSA) is 12.0 Å². The number of nitrogens with one attached hydrogen (secondary N) is 1. The number of rotatable bonds is 8. The van der Waals surface area contributed by atoms with Gasteiger partial charge in [0, 0.05) is 17.3 Å². The molecule has 1 aliphatic rings. The Hall–Kier alpha value is -3.29. The SMILES string of the molecule is C=C(NCc1c(C)cccc1Cl)C1(CCCc2ccccc2)c2ccccc2-c2ccccc21. The number of benzene rings is 4. The van der Waals surface area contributed by atoms with Crippen LogP contribution in [0.25, 0.3) is 11.1 Å². The molecule has 0 radical (unpaired) electrons. The third-order valence-corrected chi connectivity index (χ3v) is 7.62. The van der Waals surface area contributed by atoms with Crippen molar-refractivity contribution in [1.82, 2.24) is 5.32 Å². The van der Waals surface area contributed by atoms with Crippen molar-refractivity contribution in [2.24, 2.45) is 0 Å². The van der Waals surface area contributed by atoms with E-state index in [1.54, 1.807) is 0 Å². The van der Waals surface area contributed by atoms with E-state index in [0.29, 0.717) is 6.54 Å². The molecule has 170 valence electrons. The third kappa shape index (κ3) is 3.95. The van der Waals surface area contributed by atoms with Crippen LogP contribution in [0.3, 0.4) is 0 Å². The molecule has 4 aromatic carbocycles. The molecule has 0 saturated carbocycles. The Morgan fingerprint density at radius 2 is 1.41 bits per heavy atom. The first-order chi connectivity index (χ1) is 16.6. The van der Waals surface area contributed by atoms with Gasteiger partial charge in [-0.2, -0.15) is 0 Å². The van der Waals surface area contributed by atoms with Gasteiger partial charge in [-0.3, -0.25) is 0 Å². The molecule has 0 unspecified atom stereocenters. The average molecular weight is 464 g/mol. The fourth-order valence-corrected chi connectivity index (χ4v) is 5.80. The van der Waals surface area contributed by atoms with Gasteiger partial charge >= 0.3 is 0 Å². The number of allylic oxidation sites excluding steroid dienone is 1. The first-order valence-corrected chi connectivity index (χ1v) is 12.4. The number of hydrogen-bond donors (Lipinski definition) is 1. The van der Waals surface area contributed by atoms with Gasteiger partial charge in [0.25, 0.3) is 0 Å². The average Bonchev–Trinajstić information content (AvgIpc) is 3.15. The maximum absolute atomic E-state index is 6.55. The van der Waals surface area contributed by atoms with Crippen molar-refractivity contribution in [2.75, 3.05) is 0 Å². The van der Waals surface area contributed by atoms with Crippen LogP contribution < -0.4 is 5.32 Å². The van der Waals surface area contributed by atoms with E-state index in [4.69, 9.17) is 11.6 Å². The molecule has 0 fully saturated rings. The smallest absolute Gasteiger partial charge is 0.0604 e. The van der Waals surface area contributed by atoms with Crippen LogP contribution in [0.1, 0.15) is 40.7 Å². The van der Waals surface area contributed by atoms with Crippen LogP contribution in [0.5, 0.6) is 0 Å². The summed E-state index contributed by atoms with van der Waals surface area (Å²) in [5.41, 5.74) is 9.78. The van der Waals surface area contributed by atoms with Gasteiger partial charge in [-0.1, -0.05) is 109 Å². The number of halogens is 1. The van der Waals surface area contributed by atoms with E-state index < -0.39 is 0 Å². The van der Waals surface area contributed by atoms with Crippen LogP contribution in [-0.4, -0.2) is 0 Å². The summed E-state index contributed by atoms with van der Waals surface area (Å²) >= 11 is 6.55. The highest BCUT2D eigenvalue weighted by Crippen LogP contribution is 2.54. The van der Waals surface area contributed by atoms with Gasteiger partial charge < -0.3 is 5.32 Å². The van der Waals surface area contributed by atoms with E-state index in [1.165, 1.54) is 33.4 Å². The number of fused-ring (bicyclic) bond motifs is 3. The second kappa shape index (κ2) is 9.52. The lowest BCUT2D eigenvalue weighted by Gasteiger charge is -2.35. The summed E-state index contributed by atoms with van der Waals surface area (Å²) in [5.74, 6) is 0. The summed E-state index contributed by atoms with van der Waals surface area (Å²) in [6.45, 7) is 7.43. The predicted octanol–water partition coefficient (Wildman–Crippen LogP) is 8.24. The highest BCUT2D eigenvalue weighted by molar-refractivity contribution is 6.31. The molecule has 0 saturated heterocycles. The van der Waals surface area contributed by atoms with E-state index in [0.717, 1.165) is 35.5 Å². The fraction of sp³-hybridized carbons (Fsp3) is 0.188. The molecule has 4 aromatic rings. The van der Waals surface area contributed by atoms with Crippen LogP contribution >= 0.6 is 11.6 Å². The normalized spacial score (nSPS) is 13.2. The van der Waals surface area contributed by atoms with Gasteiger partial charge in [-0.25, -0.2) is 0 Å². The van der Waals surface area contributed by atoms with E-state index in [9.17, 15) is 0 Å². The van der Waals surface area contributed by atoms with Crippen LogP contribution in [0, 0.1) is 6.92 Å². The zero-order valence-corrected chi connectivity index (χ0v) is 20.4. The van der Waals surface area contributed by atoms with Crippen molar-refractivity contribution in [1.29, 1.82) is 0 Å². The Bertz CT molecular complexity index is 1260. The van der Waals surface area contributed by atoms with Crippen molar-refractivity contribution in [3.8, 4) is 11.1 Å². The summed E-state index contributed by atoms with van der Waals surface area (Å²) in [7, 11) is 0. The molecule has 0 amide bonds. The fourth-order valence-electron chi connectivity index (χ4n) is 5.51. The lowest BCUT2D eigenvalue weighted by molar-refractivity contribution is 0.498. The second-order valence-electron chi connectivity index (χ2n) is 9.20. The van der Waals surface area contributed by atoms with Gasteiger partial charge in [0.1, 0.15) is 0 Å². The predicted molar refractivity (Wildman–Crippen MR) is 144 cm³/mol. The summed E-state index contributed by atoms with van der Waals surface area (Å²) in [5, 5.41) is 4.51. The molecule has 0 heterocycles. The zero-order chi connectivity index (χ0) is 23.5. The second-order valence-corrected chi connectivity index (χ2v) is 9.61. The molecule has 0 aliphatic heterocycles. The Morgan fingerprint density at radius 1 is 0.794 bits per heavy atom. The van der Waals surface area contributed by atoms with Gasteiger partial charge in [-0.15, -0.1) is 0 Å². The minimum Gasteiger partial charge on any atom is -0.384 e. The van der Waals surface area contributed by atoms with Crippen LogP contribution in [-0.2, 0) is 18.4 Å². The van der Waals surface area contributed by atoms with E-state index in [1.807, 2.05) is 12.1 Å². The monoisotopic (exact) mass is 463 g/mol. The van der Waals surface area contributed by atoms with Crippen molar-refractivity contribution in [3.05, 3.63) is 142 Å². The molecular formula is C32H30ClN. The van der Waals surface area contributed by atoms with Gasteiger partial charge in [-0.05, 0) is 71.2 Å². The number of hydrogen-bond acceptors (Lipinski definition) is 1. The van der Waals surface area contributed by atoms with Crippen molar-refractivity contribution in [3.63, 3.8) is 0 Å². The summed E-state index contributed by atoms with van der Waals surface area (Å²) in [4.78, 5) is 0. The van der Waals surface area contributed by atoms with Gasteiger partial charge in [0.2, 0.25) is 0 Å². The minimum atomic E-state index is -0.281. The largest absolute Gasteiger partial charge is 0.384 e. The molecule has 1 N–H and O–H groups in total. The summed E-state index contributed by atoms with van der Waals surface area (Å²) in [6, 6.07) is 34.5. The summed E-state index contributed by atoms with van der Waals surface area (Å²) in [6.07, 6.45) is 3.10. The van der Waals surface area contributed by atoms with Crippen molar-refractivity contribution < 1.29 is 0 Å². The van der Waals surface area contributed by atoms with E-state index in [2.05, 4.69) is 104 Å². The highest BCUT2D eigenvalue weighted by atomic mass is 35.5. The van der Waals surface area contributed by atoms with Crippen LogP contribution in [0.15, 0.2) is 109 Å². The molecule has 1 nitrogen and oxygen atoms in total. The van der Waals surface area contributed by atoms with Crippen LogP contribution in [0.2, 0.25) is 5.02 Å². The maximum Gasteiger partial charge on any atom is 0.0604 e. The molecule has 2 heteroatoms.